The van der Waals surface area contributed by atoms with E-state index < -0.39 is 34.0 Å². The number of amides is 3. The van der Waals surface area contributed by atoms with E-state index in [0.29, 0.717) is 16.9 Å². The van der Waals surface area contributed by atoms with Crippen LogP contribution in [-0.4, -0.2) is 29.4 Å². The number of nitrogens with zero attached hydrogens (tertiary/aromatic N) is 1. The number of imide groups is 1. The molecule has 1 aliphatic heterocycles. The third-order valence-electron chi connectivity index (χ3n) is 4.38. The summed E-state index contributed by atoms with van der Waals surface area (Å²) in [7, 11) is 1.40. The smallest absolute Gasteiger partial charge is 0.585 e. The van der Waals surface area contributed by atoms with E-state index >= 15 is 0 Å². The van der Waals surface area contributed by atoms with Gasteiger partial charge in [-0.2, -0.15) is 13.2 Å². The van der Waals surface area contributed by atoms with Crippen molar-refractivity contribution in [2.24, 2.45) is 0 Å². The maximum Gasteiger partial charge on any atom is 1.00 e. The largest absolute Gasteiger partial charge is 1.00 e. The fraction of sp³-hybridized carbons (Fsp3) is 0.250. The molecule has 0 saturated carbocycles. The molecule has 31 heavy (non-hydrogen) atoms. The van der Waals surface area contributed by atoms with Gasteiger partial charge in [-0.1, -0.05) is 30.0 Å². The van der Waals surface area contributed by atoms with Crippen molar-refractivity contribution in [1.82, 2.24) is 5.32 Å². The van der Waals surface area contributed by atoms with E-state index in [4.69, 9.17) is 4.74 Å². The number of hydrogen-bond acceptors (Lipinski definition) is 5. The zero-order valence-corrected chi connectivity index (χ0v) is 20.6. The van der Waals surface area contributed by atoms with Gasteiger partial charge in [0.1, 0.15) is 11.0 Å². The molecule has 0 radical (unpaired) electrons. The predicted molar refractivity (Wildman–Crippen MR) is 104 cm³/mol. The molecule has 0 aromatic heterocycles. The van der Waals surface area contributed by atoms with Gasteiger partial charge < -0.3 is 25.0 Å². The van der Waals surface area contributed by atoms with Gasteiger partial charge in [0, 0.05) is 6.54 Å². The van der Waals surface area contributed by atoms with E-state index in [1.165, 1.54) is 19.2 Å². The van der Waals surface area contributed by atoms with E-state index in [1.54, 1.807) is 18.2 Å². The molecule has 1 saturated heterocycles. The van der Waals surface area contributed by atoms with Crippen LogP contribution in [0.25, 0.3) is 5.32 Å². The van der Waals surface area contributed by atoms with Gasteiger partial charge in [-0.3, -0.25) is 4.79 Å². The molecule has 1 aliphatic rings. The Morgan fingerprint density at radius 2 is 1.77 bits per heavy atom. The van der Waals surface area contributed by atoms with Crippen LogP contribution < -0.4 is 61.4 Å². The summed E-state index contributed by atoms with van der Waals surface area (Å²) in [6, 6.07) is 9.29. The molecule has 1 fully saturated rings. The number of benzene rings is 2. The molecule has 1 heterocycles. The van der Waals surface area contributed by atoms with Crippen LogP contribution in [0, 0.1) is 0 Å². The minimum absolute atomic E-state index is 0. The van der Waals surface area contributed by atoms with E-state index in [9.17, 15) is 27.6 Å². The number of rotatable bonds is 6. The van der Waals surface area contributed by atoms with Gasteiger partial charge in [-0.15, -0.1) is 0 Å². The number of carbonyl (C=O) groups excluding carboxylic acids is 3. The second kappa shape index (κ2) is 11.0. The Kier molecular flexibility index (Phi) is 9.16. The summed E-state index contributed by atoms with van der Waals surface area (Å²) in [6.45, 7) is 0.0225. The Labute approximate surface area is 223 Å². The number of hydrogen-bond donors (Lipinski definition) is 1. The Morgan fingerprint density at radius 1 is 1.13 bits per heavy atom. The number of ether oxygens (including phenoxy) is 1. The first-order valence-electron chi connectivity index (χ1n) is 8.75. The molecule has 2 aromatic carbocycles. The van der Waals surface area contributed by atoms with Gasteiger partial charge in [0.2, 0.25) is 0 Å². The topological polar surface area (TPSA) is 86.6 Å². The fourth-order valence-corrected chi connectivity index (χ4v) is 3.67. The van der Waals surface area contributed by atoms with Gasteiger partial charge in [-0.25, -0.2) is 0 Å². The van der Waals surface area contributed by atoms with Crippen molar-refractivity contribution in [2.75, 3.05) is 7.11 Å². The summed E-state index contributed by atoms with van der Waals surface area (Å²) < 4.78 is 43.1. The molecule has 2 aromatic rings. The number of nitrogens with one attached hydrogen (secondary N) is 1. The number of thioether (sulfide) groups is 1. The maximum absolute atomic E-state index is 12.6. The van der Waals surface area contributed by atoms with E-state index in [2.05, 4.69) is 10.6 Å². The van der Waals surface area contributed by atoms with Crippen molar-refractivity contribution < 1.29 is 83.7 Å². The summed E-state index contributed by atoms with van der Waals surface area (Å²) in [5.41, 5.74) is 0.586. The number of alkyl halides is 3. The quantitative estimate of drug-likeness (QED) is 0.636. The molecule has 1 N–H and O–H groups in total. The van der Waals surface area contributed by atoms with Gasteiger partial charge in [0.05, 0.1) is 29.4 Å². The molecule has 1 atom stereocenters. The van der Waals surface area contributed by atoms with Crippen LogP contribution in [0.3, 0.4) is 0 Å². The third kappa shape index (κ3) is 6.80. The molecule has 0 aliphatic carbocycles. The number of carbonyl (C=O) groups is 3. The SMILES string of the molecule is COc1ccc(CC2SC(=O)[N-]C2=O)cc1C(=O)NCc1ccc(C(F)(F)F)cc1.[K+]. The average Bonchev–Trinajstić information content (AvgIpc) is 3.02. The molecule has 1 unspecified atom stereocenters. The van der Waals surface area contributed by atoms with Crippen LogP contribution in [0.5, 0.6) is 5.75 Å². The molecule has 6 nitrogen and oxygen atoms in total. The van der Waals surface area contributed by atoms with Crippen LogP contribution in [0.4, 0.5) is 18.0 Å². The van der Waals surface area contributed by atoms with Crippen molar-refractivity contribution in [2.45, 2.75) is 24.4 Å². The second-order valence-electron chi connectivity index (χ2n) is 6.44. The van der Waals surface area contributed by atoms with Crippen molar-refractivity contribution in [1.29, 1.82) is 0 Å². The Hall–Kier alpha value is -1.37. The summed E-state index contributed by atoms with van der Waals surface area (Å²) in [5.74, 6) is -0.691. The zero-order valence-electron chi connectivity index (χ0n) is 16.7. The molecule has 3 amide bonds. The summed E-state index contributed by atoms with van der Waals surface area (Å²) in [6.07, 6.45) is -4.20. The van der Waals surface area contributed by atoms with E-state index in [-0.39, 0.29) is 69.9 Å². The van der Waals surface area contributed by atoms with Gasteiger partial charge in [0.25, 0.3) is 5.91 Å². The van der Waals surface area contributed by atoms with Gasteiger partial charge in [-0.05, 0) is 41.8 Å². The Balaban J connectivity index is 0.00000341. The second-order valence-corrected chi connectivity index (χ2v) is 7.59. The predicted octanol–water partition coefficient (Wildman–Crippen LogP) is 1.33. The standard InChI is InChI=1S/C20H17F3N2O4S.K/c1-29-15-7-4-12(9-16-18(27)25-19(28)30-16)8-14(15)17(26)24-10-11-2-5-13(6-3-11)20(21,22)23;/h2-8,16H,9-10H2,1H3,(H2,24,25,26,27,28);/q;+1/p-1. The minimum Gasteiger partial charge on any atom is -0.585 e. The molecule has 0 spiro atoms. The fourth-order valence-electron chi connectivity index (χ4n) is 2.85. The molecular formula is C20H16F3KN2O4S. The molecular weight excluding hydrogens is 460 g/mol. The first-order chi connectivity index (χ1) is 14.2. The Morgan fingerprint density at radius 3 is 2.32 bits per heavy atom. The summed E-state index contributed by atoms with van der Waals surface area (Å²) in [5, 5.41) is 4.83. The van der Waals surface area contributed by atoms with Crippen molar-refractivity contribution >= 4 is 28.8 Å². The monoisotopic (exact) mass is 476 g/mol. The number of methoxy groups -OCH3 is 1. The van der Waals surface area contributed by atoms with Crippen LogP contribution in [0.1, 0.15) is 27.0 Å². The van der Waals surface area contributed by atoms with Gasteiger partial charge >= 0.3 is 57.6 Å². The first-order valence-corrected chi connectivity index (χ1v) is 9.63. The van der Waals surface area contributed by atoms with Crippen molar-refractivity contribution in [3.63, 3.8) is 0 Å². The van der Waals surface area contributed by atoms with E-state index in [0.717, 1.165) is 23.9 Å². The average molecular weight is 477 g/mol. The van der Waals surface area contributed by atoms with E-state index in [1.807, 2.05) is 0 Å². The van der Waals surface area contributed by atoms with Crippen molar-refractivity contribution in [3.8, 4) is 5.75 Å². The van der Waals surface area contributed by atoms with Crippen LogP contribution in [-0.2, 0) is 23.9 Å². The number of halogens is 3. The normalized spacial score (nSPS) is 15.8. The summed E-state index contributed by atoms with van der Waals surface area (Å²) >= 11 is 0.836. The van der Waals surface area contributed by atoms with Gasteiger partial charge in [0.15, 0.2) is 0 Å². The Bertz CT molecular complexity index is 983. The molecule has 3 rings (SSSR count). The maximum atomic E-state index is 12.6. The van der Waals surface area contributed by atoms with Crippen LogP contribution >= 0.6 is 11.8 Å². The molecule has 0 bridgehead atoms. The molecule has 11 heteroatoms. The van der Waals surface area contributed by atoms with Crippen molar-refractivity contribution in [3.05, 3.63) is 70.0 Å². The minimum atomic E-state index is -4.42. The third-order valence-corrected chi connectivity index (χ3v) is 5.33. The van der Waals surface area contributed by atoms with Crippen LogP contribution in [0.15, 0.2) is 42.5 Å². The molecule has 158 valence electrons. The first kappa shape index (κ1) is 25.9. The van der Waals surface area contributed by atoms with Crippen LogP contribution in [0.2, 0.25) is 0 Å². The zero-order chi connectivity index (χ0) is 21.9. The summed E-state index contributed by atoms with van der Waals surface area (Å²) in [4.78, 5) is 35.6.